The van der Waals surface area contributed by atoms with Crippen LogP contribution in [-0.4, -0.2) is 30.4 Å². The zero-order chi connectivity index (χ0) is 24.5. The molecule has 1 aromatic heterocycles. The lowest BCUT2D eigenvalue weighted by Crippen LogP contribution is -2.37. The number of aromatic nitrogens is 1. The Hall–Kier alpha value is -2.96. The summed E-state index contributed by atoms with van der Waals surface area (Å²) in [7, 11) is -1.45. The smallest absolute Gasteiger partial charge is 0.259 e. The zero-order valence-corrected chi connectivity index (χ0v) is 21.2. The Kier molecular flexibility index (Phi) is 6.91. The molecule has 0 radical (unpaired) electrons. The number of fused-ring (bicyclic) bond motifs is 1. The number of carbonyl (C=O) groups excluding carboxylic acids is 1. The molecule has 7 heteroatoms. The number of rotatable bonds is 7. The van der Waals surface area contributed by atoms with Gasteiger partial charge in [-0.1, -0.05) is 72.8 Å². The molecule has 0 saturated heterocycles. The molecule has 0 aliphatic carbocycles. The lowest BCUT2D eigenvalue weighted by molar-refractivity contribution is 0.0742. The summed E-state index contributed by atoms with van der Waals surface area (Å²) in [5, 5.41) is 1.91. The summed E-state index contributed by atoms with van der Waals surface area (Å²) in [6.07, 6.45) is 2.17. The maximum Gasteiger partial charge on any atom is 0.259 e. The van der Waals surface area contributed by atoms with Crippen molar-refractivity contribution in [1.29, 1.82) is 0 Å². The number of H-pyrrole nitrogens is 1. The van der Waals surface area contributed by atoms with Crippen molar-refractivity contribution in [2.24, 2.45) is 0 Å². The highest BCUT2D eigenvalue weighted by molar-refractivity contribution is 6.88. The Labute approximate surface area is 204 Å². The van der Waals surface area contributed by atoms with E-state index in [1.165, 1.54) is 23.4 Å². The molecule has 34 heavy (non-hydrogen) atoms. The van der Waals surface area contributed by atoms with Gasteiger partial charge in [-0.2, -0.15) is 0 Å². The van der Waals surface area contributed by atoms with Gasteiger partial charge in [-0.15, -0.1) is 0 Å². The molecule has 0 aliphatic rings. The van der Waals surface area contributed by atoms with Crippen LogP contribution < -0.4 is 5.19 Å². The van der Waals surface area contributed by atoms with E-state index in [1.807, 2.05) is 12.1 Å². The average Bonchev–Trinajstić information content (AvgIpc) is 3.25. The third kappa shape index (κ3) is 5.23. The van der Waals surface area contributed by atoms with Crippen molar-refractivity contribution in [2.75, 3.05) is 6.54 Å². The normalized spacial score (nSPS) is 11.7. The van der Waals surface area contributed by atoms with Gasteiger partial charge in [-0.05, 0) is 41.8 Å². The SMILES string of the molecule is C[Si](C)(C)c1ccc(CN(CCc2ccc(F)cc2)C(=O)c2c(F)c(Cl)cc3cc[nH]c23)cc1. The third-order valence-electron chi connectivity index (χ3n) is 6.02. The van der Waals surface area contributed by atoms with Gasteiger partial charge in [-0.25, -0.2) is 8.78 Å². The van der Waals surface area contributed by atoms with Gasteiger partial charge in [0.15, 0.2) is 5.82 Å². The van der Waals surface area contributed by atoms with Gasteiger partial charge in [0.25, 0.3) is 5.91 Å². The molecule has 1 N–H and O–H groups in total. The highest BCUT2D eigenvalue weighted by Gasteiger charge is 2.25. The van der Waals surface area contributed by atoms with Crippen LogP contribution in [0.5, 0.6) is 0 Å². The van der Waals surface area contributed by atoms with E-state index in [0.717, 1.165) is 11.1 Å². The Morgan fingerprint density at radius 2 is 1.62 bits per heavy atom. The first-order chi connectivity index (χ1) is 16.1. The first-order valence-corrected chi connectivity index (χ1v) is 15.1. The predicted molar refractivity (Wildman–Crippen MR) is 138 cm³/mol. The van der Waals surface area contributed by atoms with Gasteiger partial charge in [0.05, 0.1) is 18.6 Å². The van der Waals surface area contributed by atoms with Crippen molar-refractivity contribution in [3.8, 4) is 0 Å². The highest BCUT2D eigenvalue weighted by atomic mass is 35.5. The monoisotopic (exact) mass is 496 g/mol. The lowest BCUT2D eigenvalue weighted by Gasteiger charge is -2.24. The third-order valence-corrected chi connectivity index (χ3v) is 8.36. The summed E-state index contributed by atoms with van der Waals surface area (Å²) >= 11 is 6.12. The van der Waals surface area contributed by atoms with Gasteiger partial charge in [-0.3, -0.25) is 4.79 Å². The maximum absolute atomic E-state index is 15.1. The number of amides is 1. The number of benzene rings is 3. The van der Waals surface area contributed by atoms with Crippen molar-refractivity contribution in [3.05, 3.63) is 100 Å². The molecule has 3 nitrogen and oxygen atoms in total. The standard InChI is InChI=1S/C27H27ClF2N2OSi/c1-34(2,3)22-10-6-19(7-11-22)17-32(15-13-18-4-8-21(29)9-5-18)27(33)24-25(30)23(28)16-20-12-14-31-26(20)24/h4-12,14,16,31H,13,15,17H2,1-3H3. The van der Waals surface area contributed by atoms with E-state index in [-0.39, 0.29) is 16.4 Å². The molecule has 0 bridgehead atoms. The number of halogens is 3. The summed E-state index contributed by atoms with van der Waals surface area (Å²) in [5.74, 6) is -1.49. The molecule has 4 aromatic rings. The molecule has 0 spiro atoms. The van der Waals surface area contributed by atoms with Crippen molar-refractivity contribution in [3.63, 3.8) is 0 Å². The van der Waals surface area contributed by atoms with Crippen LogP contribution in [0.3, 0.4) is 0 Å². The summed E-state index contributed by atoms with van der Waals surface area (Å²) in [4.78, 5) is 18.3. The molecule has 3 aromatic carbocycles. The maximum atomic E-state index is 15.1. The topological polar surface area (TPSA) is 36.1 Å². The molecule has 1 amide bonds. The van der Waals surface area contributed by atoms with Crippen molar-refractivity contribution in [2.45, 2.75) is 32.6 Å². The lowest BCUT2D eigenvalue weighted by atomic mass is 10.1. The van der Waals surface area contributed by atoms with Gasteiger partial charge in [0, 0.05) is 24.7 Å². The van der Waals surface area contributed by atoms with E-state index >= 15 is 4.39 Å². The molecular formula is C27H27ClF2N2OSi. The van der Waals surface area contributed by atoms with Crippen LogP contribution in [0.2, 0.25) is 24.7 Å². The van der Waals surface area contributed by atoms with E-state index in [1.54, 1.807) is 29.3 Å². The number of nitrogens with zero attached hydrogens (tertiary/aromatic N) is 1. The second-order valence-electron chi connectivity index (χ2n) is 9.54. The minimum absolute atomic E-state index is 0.0645. The summed E-state index contributed by atoms with van der Waals surface area (Å²) in [6.45, 7) is 7.51. The minimum atomic E-state index is -1.45. The summed E-state index contributed by atoms with van der Waals surface area (Å²) < 4.78 is 28.4. The first kappa shape index (κ1) is 24.2. The number of carbonyl (C=O) groups is 1. The molecule has 0 unspecified atom stereocenters. The zero-order valence-electron chi connectivity index (χ0n) is 19.5. The second-order valence-corrected chi connectivity index (χ2v) is 15.0. The van der Waals surface area contributed by atoms with Crippen molar-refractivity contribution >= 4 is 41.7 Å². The van der Waals surface area contributed by atoms with Crippen LogP contribution in [-0.2, 0) is 13.0 Å². The summed E-state index contributed by atoms with van der Waals surface area (Å²) in [6, 6.07) is 17.8. The van der Waals surface area contributed by atoms with E-state index in [9.17, 15) is 9.18 Å². The van der Waals surface area contributed by atoms with E-state index in [0.29, 0.717) is 30.4 Å². The van der Waals surface area contributed by atoms with Crippen LogP contribution in [0.1, 0.15) is 21.5 Å². The molecule has 0 fully saturated rings. The fraction of sp³-hybridized carbons (Fsp3) is 0.222. The number of aromatic amines is 1. The van der Waals surface area contributed by atoms with Crippen LogP contribution in [0.4, 0.5) is 8.78 Å². The second kappa shape index (κ2) is 9.72. The van der Waals surface area contributed by atoms with E-state index in [2.05, 4.69) is 36.8 Å². The Morgan fingerprint density at radius 3 is 2.26 bits per heavy atom. The first-order valence-electron chi connectivity index (χ1n) is 11.2. The fourth-order valence-corrected chi connectivity index (χ4v) is 5.38. The highest BCUT2D eigenvalue weighted by Crippen LogP contribution is 2.29. The van der Waals surface area contributed by atoms with Crippen LogP contribution in [0.25, 0.3) is 10.9 Å². The quantitative estimate of drug-likeness (QED) is 0.290. The van der Waals surface area contributed by atoms with E-state index < -0.39 is 19.8 Å². The van der Waals surface area contributed by atoms with Crippen LogP contribution >= 0.6 is 11.6 Å². The fourth-order valence-electron chi connectivity index (χ4n) is 4.00. The molecule has 1 heterocycles. The molecule has 0 aliphatic heterocycles. The Bertz CT molecular complexity index is 1310. The van der Waals surface area contributed by atoms with Crippen LogP contribution in [0, 0.1) is 11.6 Å². The van der Waals surface area contributed by atoms with Gasteiger partial charge in [0.2, 0.25) is 0 Å². The predicted octanol–water partition coefficient (Wildman–Crippen LogP) is 6.53. The minimum Gasteiger partial charge on any atom is -0.360 e. The summed E-state index contributed by atoms with van der Waals surface area (Å²) in [5.41, 5.74) is 2.21. The molecular weight excluding hydrogens is 470 g/mol. The number of hydrogen-bond donors (Lipinski definition) is 1. The average molecular weight is 497 g/mol. The van der Waals surface area contributed by atoms with Crippen molar-refractivity contribution in [1.82, 2.24) is 9.88 Å². The van der Waals surface area contributed by atoms with Crippen molar-refractivity contribution < 1.29 is 13.6 Å². The van der Waals surface area contributed by atoms with Crippen LogP contribution in [0.15, 0.2) is 66.9 Å². The molecule has 0 saturated carbocycles. The Morgan fingerprint density at radius 1 is 0.971 bits per heavy atom. The molecule has 0 atom stereocenters. The van der Waals surface area contributed by atoms with E-state index in [4.69, 9.17) is 11.6 Å². The largest absolute Gasteiger partial charge is 0.360 e. The van der Waals surface area contributed by atoms with Gasteiger partial charge < -0.3 is 9.88 Å². The molecule has 176 valence electrons. The number of nitrogens with one attached hydrogen (secondary N) is 1. The van der Waals surface area contributed by atoms with Gasteiger partial charge >= 0.3 is 0 Å². The number of hydrogen-bond acceptors (Lipinski definition) is 1. The van der Waals surface area contributed by atoms with Gasteiger partial charge in [0.1, 0.15) is 11.4 Å². The molecule has 4 rings (SSSR count). The Balaban J connectivity index is 1.67.